The number of nitrogens with one attached hydrogen (secondary N) is 2. The van der Waals surface area contributed by atoms with Gasteiger partial charge in [-0.1, -0.05) is 18.9 Å². The summed E-state index contributed by atoms with van der Waals surface area (Å²) in [7, 11) is 1.61. The van der Waals surface area contributed by atoms with E-state index in [0.717, 1.165) is 23.7 Å². The SMILES string of the molecule is COc1cc(NC(=O)NC2CCCC2)c2ncccc2c1. The second-order valence-corrected chi connectivity index (χ2v) is 5.33. The van der Waals surface area contributed by atoms with Crippen molar-refractivity contribution in [1.29, 1.82) is 0 Å². The van der Waals surface area contributed by atoms with E-state index in [1.54, 1.807) is 19.4 Å². The summed E-state index contributed by atoms with van der Waals surface area (Å²) >= 11 is 0. The molecular weight excluding hydrogens is 266 g/mol. The highest BCUT2D eigenvalue weighted by Crippen LogP contribution is 2.27. The summed E-state index contributed by atoms with van der Waals surface area (Å²) in [5.74, 6) is 0.701. The van der Waals surface area contributed by atoms with E-state index in [1.165, 1.54) is 12.8 Å². The van der Waals surface area contributed by atoms with Crippen LogP contribution in [0.5, 0.6) is 5.75 Å². The highest BCUT2D eigenvalue weighted by molar-refractivity contribution is 6.00. The van der Waals surface area contributed by atoms with Crippen molar-refractivity contribution >= 4 is 22.6 Å². The van der Waals surface area contributed by atoms with Gasteiger partial charge in [-0.05, 0) is 25.0 Å². The van der Waals surface area contributed by atoms with Gasteiger partial charge < -0.3 is 15.4 Å². The minimum atomic E-state index is -0.179. The fourth-order valence-corrected chi connectivity index (χ4v) is 2.79. The average molecular weight is 285 g/mol. The van der Waals surface area contributed by atoms with Gasteiger partial charge in [0.1, 0.15) is 5.75 Å². The quantitative estimate of drug-likeness (QED) is 0.909. The topological polar surface area (TPSA) is 63.2 Å². The number of nitrogens with zero attached hydrogens (tertiary/aromatic N) is 1. The number of hydrogen-bond donors (Lipinski definition) is 2. The van der Waals surface area contributed by atoms with Crippen LogP contribution >= 0.6 is 0 Å². The van der Waals surface area contributed by atoms with Gasteiger partial charge in [0.15, 0.2) is 0 Å². The molecular formula is C16H19N3O2. The number of rotatable bonds is 3. The number of amides is 2. The number of hydrogen-bond acceptors (Lipinski definition) is 3. The average Bonchev–Trinajstić information content (AvgIpc) is 2.99. The number of ether oxygens (including phenoxy) is 1. The molecule has 1 saturated carbocycles. The number of methoxy groups -OCH3 is 1. The molecule has 1 aromatic heterocycles. The highest BCUT2D eigenvalue weighted by atomic mass is 16.5. The lowest BCUT2D eigenvalue weighted by atomic mass is 10.2. The standard InChI is InChI=1S/C16H19N3O2/c1-21-13-9-11-5-4-8-17-15(11)14(10-13)19-16(20)18-12-6-2-3-7-12/h4-5,8-10,12H,2-3,6-7H2,1H3,(H2,18,19,20). The van der Waals surface area contributed by atoms with Crippen molar-refractivity contribution in [3.8, 4) is 5.75 Å². The molecule has 0 saturated heterocycles. The zero-order valence-corrected chi connectivity index (χ0v) is 12.1. The van der Waals surface area contributed by atoms with Gasteiger partial charge in [0.2, 0.25) is 0 Å². The van der Waals surface area contributed by atoms with Crippen molar-refractivity contribution in [2.45, 2.75) is 31.7 Å². The molecule has 21 heavy (non-hydrogen) atoms. The summed E-state index contributed by atoms with van der Waals surface area (Å²) in [4.78, 5) is 16.5. The molecule has 0 atom stereocenters. The Morgan fingerprint density at radius 2 is 2.14 bits per heavy atom. The van der Waals surface area contributed by atoms with Crippen LogP contribution in [0.25, 0.3) is 10.9 Å². The number of carbonyl (C=O) groups excluding carboxylic acids is 1. The summed E-state index contributed by atoms with van der Waals surface area (Å²) in [6.45, 7) is 0. The van der Waals surface area contributed by atoms with Crippen LogP contribution in [0.2, 0.25) is 0 Å². The molecule has 3 rings (SSSR count). The van der Waals surface area contributed by atoms with Crippen molar-refractivity contribution < 1.29 is 9.53 Å². The summed E-state index contributed by atoms with van der Waals surface area (Å²) in [6, 6.07) is 7.62. The Hall–Kier alpha value is -2.30. The van der Waals surface area contributed by atoms with Crippen molar-refractivity contribution in [2.24, 2.45) is 0 Å². The van der Waals surface area contributed by atoms with Crippen LogP contribution in [-0.2, 0) is 0 Å². The van der Waals surface area contributed by atoms with Crippen LogP contribution < -0.4 is 15.4 Å². The maximum Gasteiger partial charge on any atom is 0.319 e. The lowest BCUT2D eigenvalue weighted by Crippen LogP contribution is -2.36. The molecule has 110 valence electrons. The first-order valence-corrected chi connectivity index (χ1v) is 7.26. The molecule has 2 N–H and O–H groups in total. The predicted molar refractivity (Wildman–Crippen MR) is 82.7 cm³/mol. The molecule has 5 nitrogen and oxygen atoms in total. The molecule has 0 spiro atoms. The normalized spacial score (nSPS) is 15.1. The molecule has 1 aromatic carbocycles. The molecule has 1 fully saturated rings. The van der Waals surface area contributed by atoms with Gasteiger partial charge in [-0.15, -0.1) is 0 Å². The van der Waals surface area contributed by atoms with E-state index in [9.17, 15) is 4.79 Å². The third-order valence-electron chi connectivity index (χ3n) is 3.85. The first kappa shape index (κ1) is 13.7. The van der Waals surface area contributed by atoms with Crippen LogP contribution in [0, 0.1) is 0 Å². The minimum Gasteiger partial charge on any atom is -0.497 e. The molecule has 0 bridgehead atoms. The summed E-state index contributed by atoms with van der Waals surface area (Å²) in [5, 5.41) is 6.84. The second-order valence-electron chi connectivity index (χ2n) is 5.33. The Morgan fingerprint density at radius 1 is 1.33 bits per heavy atom. The third kappa shape index (κ3) is 3.07. The highest BCUT2D eigenvalue weighted by Gasteiger charge is 2.17. The number of fused-ring (bicyclic) bond motifs is 1. The largest absolute Gasteiger partial charge is 0.497 e. The number of urea groups is 1. The van der Waals surface area contributed by atoms with Crippen LogP contribution in [-0.4, -0.2) is 24.2 Å². The Morgan fingerprint density at radius 3 is 2.90 bits per heavy atom. The molecule has 2 aromatic rings. The fourth-order valence-electron chi connectivity index (χ4n) is 2.79. The predicted octanol–water partition coefficient (Wildman–Crippen LogP) is 3.31. The van der Waals surface area contributed by atoms with Crippen LogP contribution in [0.1, 0.15) is 25.7 Å². The first-order chi connectivity index (χ1) is 10.3. The molecule has 1 aliphatic rings. The molecule has 1 aliphatic carbocycles. The third-order valence-corrected chi connectivity index (χ3v) is 3.85. The van der Waals surface area contributed by atoms with E-state index in [2.05, 4.69) is 15.6 Å². The molecule has 5 heteroatoms. The van der Waals surface area contributed by atoms with Gasteiger partial charge in [0.05, 0.1) is 18.3 Å². The monoisotopic (exact) mass is 285 g/mol. The molecule has 2 amide bonds. The van der Waals surface area contributed by atoms with E-state index in [4.69, 9.17) is 4.74 Å². The van der Waals surface area contributed by atoms with Gasteiger partial charge in [-0.25, -0.2) is 4.79 Å². The lowest BCUT2D eigenvalue weighted by Gasteiger charge is -2.14. The van der Waals surface area contributed by atoms with Crippen molar-refractivity contribution in [2.75, 3.05) is 12.4 Å². The van der Waals surface area contributed by atoms with Crippen LogP contribution in [0.15, 0.2) is 30.5 Å². The van der Waals surface area contributed by atoms with Gasteiger partial charge in [0.25, 0.3) is 0 Å². The van der Waals surface area contributed by atoms with Crippen molar-refractivity contribution in [1.82, 2.24) is 10.3 Å². The Kier molecular flexibility index (Phi) is 3.90. The Balaban J connectivity index is 1.83. The summed E-state index contributed by atoms with van der Waals surface area (Å²) < 4.78 is 5.28. The molecule has 0 unspecified atom stereocenters. The van der Waals surface area contributed by atoms with E-state index in [-0.39, 0.29) is 12.1 Å². The smallest absolute Gasteiger partial charge is 0.319 e. The zero-order chi connectivity index (χ0) is 14.7. The van der Waals surface area contributed by atoms with Crippen LogP contribution in [0.4, 0.5) is 10.5 Å². The Bertz CT molecular complexity index is 651. The van der Waals surface area contributed by atoms with Gasteiger partial charge in [-0.2, -0.15) is 0 Å². The van der Waals surface area contributed by atoms with E-state index in [0.29, 0.717) is 11.4 Å². The van der Waals surface area contributed by atoms with Crippen LogP contribution in [0.3, 0.4) is 0 Å². The number of pyridine rings is 1. The maximum atomic E-state index is 12.1. The second kappa shape index (κ2) is 5.99. The maximum absolute atomic E-state index is 12.1. The molecule has 1 heterocycles. The number of carbonyl (C=O) groups is 1. The molecule has 0 radical (unpaired) electrons. The van der Waals surface area contributed by atoms with E-state index >= 15 is 0 Å². The van der Waals surface area contributed by atoms with Crippen molar-refractivity contribution in [3.63, 3.8) is 0 Å². The minimum absolute atomic E-state index is 0.179. The Labute approximate surface area is 123 Å². The number of aromatic nitrogens is 1. The lowest BCUT2D eigenvalue weighted by molar-refractivity contribution is 0.248. The van der Waals surface area contributed by atoms with E-state index in [1.807, 2.05) is 18.2 Å². The summed E-state index contributed by atoms with van der Waals surface area (Å²) in [6.07, 6.45) is 6.22. The number of benzene rings is 1. The zero-order valence-electron chi connectivity index (χ0n) is 12.1. The molecule has 0 aliphatic heterocycles. The van der Waals surface area contributed by atoms with Gasteiger partial charge in [0, 0.05) is 23.7 Å². The van der Waals surface area contributed by atoms with Crippen molar-refractivity contribution in [3.05, 3.63) is 30.5 Å². The first-order valence-electron chi connectivity index (χ1n) is 7.26. The van der Waals surface area contributed by atoms with Gasteiger partial charge in [-0.3, -0.25) is 4.98 Å². The number of anilines is 1. The van der Waals surface area contributed by atoms with Gasteiger partial charge >= 0.3 is 6.03 Å². The summed E-state index contributed by atoms with van der Waals surface area (Å²) in [5.41, 5.74) is 1.43. The fraction of sp³-hybridized carbons (Fsp3) is 0.375. The van der Waals surface area contributed by atoms with E-state index < -0.39 is 0 Å².